The molecule has 1 aromatic carbocycles. The summed E-state index contributed by atoms with van der Waals surface area (Å²) >= 11 is 0. The van der Waals surface area contributed by atoms with Crippen molar-refractivity contribution in [1.29, 1.82) is 0 Å². The molecular weight excluding hydrogens is 336 g/mol. The number of ether oxygens (including phenoxy) is 2. The maximum absolute atomic E-state index is 12.4. The maximum atomic E-state index is 12.4. The van der Waals surface area contributed by atoms with Crippen molar-refractivity contribution in [2.75, 3.05) is 27.3 Å². The highest BCUT2D eigenvalue weighted by molar-refractivity contribution is 5.74. The fourth-order valence-electron chi connectivity index (χ4n) is 3.20. The van der Waals surface area contributed by atoms with Crippen molar-refractivity contribution in [3.05, 3.63) is 35.5 Å². The van der Waals surface area contributed by atoms with Crippen molar-refractivity contribution < 1.29 is 18.8 Å². The van der Waals surface area contributed by atoms with Crippen LogP contribution in [0.5, 0.6) is 11.5 Å². The van der Waals surface area contributed by atoms with Crippen LogP contribution in [0.1, 0.15) is 36.5 Å². The molecule has 8 heteroatoms. The molecule has 1 aromatic heterocycles. The molecule has 0 saturated carbocycles. The number of carbonyl (C=O) groups excluding carboxylic acids is 1. The number of aromatic nitrogens is 2. The van der Waals surface area contributed by atoms with Crippen LogP contribution >= 0.6 is 0 Å². The van der Waals surface area contributed by atoms with Crippen molar-refractivity contribution in [2.24, 2.45) is 0 Å². The second-order valence-corrected chi connectivity index (χ2v) is 6.13. The number of benzene rings is 1. The zero-order chi connectivity index (χ0) is 18.5. The van der Waals surface area contributed by atoms with Gasteiger partial charge in [0.1, 0.15) is 0 Å². The standard InChI is InChI=1S/C18H24N4O4/c1-4-15-20-16(26-21-15)10-19-18(23)22-9-8-12(11-22)13-6-5-7-14(24-2)17(13)25-3/h5-7,12H,4,8-11H2,1-3H3,(H,19,23)/t12-/m1/s1. The Morgan fingerprint density at radius 3 is 2.92 bits per heavy atom. The van der Waals surface area contributed by atoms with Crippen LogP contribution in [0.4, 0.5) is 4.79 Å². The molecule has 26 heavy (non-hydrogen) atoms. The minimum Gasteiger partial charge on any atom is -0.493 e. The molecule has 3 rings (SSSR count). The van der Waals surface area contributed by atoms with Gasteiger partial charge in [0.2, 0.25) is 5.89 Å². The van der Waals surface area contributed by atoms with Gasteiger partial charge in [0.05, 0.1) is 20.8 Å². The van der Waals surface area contributed by atoms with Gasteiger partial charge in [-0.1, -0.05) is 24.2 Å². The third-order valence-electron chi connectivity index (χ3n) is 4.57. The molecule has 1 aliphatic heterocycles. The maximum Gasteiger partial charge on any atom is 0.317 e. The molecule has 1 aliphatic rings. The molecule has 1 N–H and O–H groups in total. The number of likely N-dealkylation sites (tertiary alicyclic amines) is 1. The summed E-state index contributed by atoms with van der Waals surface area (Å²) in [6, 6.07) is 5.71. The Hall–Kier alpha value is -2.77. The molecule has 0 spiro atoms. The second kappa shape index (κ2) is 8.07. The number of nitrogens with zero attached hydrogens (tertiary/aromatic N) is 3. The Morgan fingerprint density at radius 1 is 1.38 bits per heavy atom. The number of hydrogen-bond acceptors (Lipinski definition) is 6. The van der Waals surface area contributed by atoms with Crippen molar-refractivity contribution in [3.63, 3.8) is 0 Å². The lowest BCUT2D eigenvalue weighted by Crippen LogP contribution is -2.38. The van der Waals surface area contributed by atoms with Crippen LogP contribution in [-0.4, -0.2) is 48.4 Å². The van der Waals surface area contributed by atoms with E-state index >= 15 is 0 Å². The van der Waals surface area contributed by atoms with E-state index in [-0.39, 0.29) is 18.5 Å². The average molecular weight is 360 g/mol. The van der Waals surface area contributed by atoms with Crippen LogP contribution in [0.25, 0.3) is 0 Å². The van der Waals surface area contributed by atoms with Crippen LogP contribution in [0.2, 0.25) is 0 Å². The zero-order valence-electron chi connectivity index (χ0n) is 15.3. The minimum absolute atomic E-state index is 0.134. The summed E-state index contributed by atoms with van der Waals surface area (Å²) in [4.78, 5) is 18.4. The van der Waals surface area contributed by atoms with Crippen LogP contribution in [0, 0.1) is 0 Å². The van der Waals surface area contributed by atoms with Crippen LogP contribution in [-0.2, 0) is 13.0 Å². The van der Waals surface area contributed by atoms with Crippen LogP contribution in [0.3, 0.4) is 0 Å². The number of amides is 2. The van der Waals surface area contributed by atoms with E-state index in [4.69, 9.17) is 14.0 Å². The van der Waals surface area contributed by atoms with E-state index < -0.39 is 0 Å². The first kappa shape index (κ1) is 18.0. The summed E-state index contributed by atoms with van der Waals surface area (Å²) in [5.74, 6) is 2.71. The van der Waals surface area contributed by atoms with E-state index in [2.05, 4.69) is 15.5 Å². The Bertz CT molecular complexity index is 761. The third kappa shape index (κ3) is 3.74. The van der Waals surface area contributed by atoms with E-state index in [9.17, 15) is 4.79 Å². The molecule has 2 heterocycles. The second-order valence-electron chi connectivity index (χ2n) is 6.13. The van der Waals surface area contributed by atoms with E-state index in [0.29, 0.717) is 37.0 Å². The molecule has 1 fully saturated rings. The molecule has 1 atom stereocenters. The van der Waals surface area contributed by atoms with Crippen molar-refractivity contribution in [1.82, 2.24) is 20.4 Å². The SMILES string of the molecule is CCc1noc(CNC(=O)N2CC[C@@H](c3cccc(OC)c3OC)C2)n1. The van der Waals surface area contributed by atoms with E-state index in [1.54, 1.807) is 19.1 Å². The highest BCUT2D eigenvalue weighted by atomic mass is 16.5. The first-order valence-electron chi connectivity index (χ1n) is 8.71. The number of carbonyl (C=O) groups is 1. The normalized spacial score (nSPS) is 16.6. The van der Waals surface area contributed by atoms with E-state index in [1.807, 2.05) is 25.1 Å². The molecule has 2 amide bonds. The van der Waals surface area contributed by atoms with Gasteiger partial charge >= 0.3 is 6.03 Å². The Kier molecular flexibility index (Phi) is 5.60. The lowest BCUT2D eigenvalue weighted by Gasteiger charge is -2.19. The van der Waals surface area contributed by atoms with Gasteiger partial charge in [0.15, 0.2) is 17.3 Å². The van der Waals surface area contributed by atoms with Gasteiger partial charge in [-0.05, 0) is 12.5 Å². The molecular formula is C18H24N4O4. The van der Waals surface area contributed by atoms with Crippen LogP contribution in [0.15, 0.2) is 22.7 Å². The largest absolute Gasteiger partial charge is 0.493 e. The Morgan fingerprint density at radius 2 is 2.23 bits per heavy atom. The molecule has 0 radical (unpaired) electrons. The predicted molar refractivity (Wildman–Crippen MR) is 94.4 cm³/mol. The van der Waals surface area contributed by atoms with Gasteiger partial charge < -0.3 is 24.2 Å². The monoisotopic (exact) mass is 360 g/mol. The Labute approximate surface area is 152 Å². The summed E-state index contributed by atoms with van der Waals surface area (Å²) in [6.07, 6.45) is 1.57. The van der Waals surface area contributed by atoms with Crippen LogP contribution < -0.4 is 14.8 Å². The van der Waals surface area contributed by atoms with E-state index in [0.717, 1.165) is 17.7 Å². The van der Waals surface area contributed by atoms with Gasteiger partial charge in [0, 0.05) is 31.0 Å². The number of aryl methyl sites for hydroxylation is 1. The average Bonchev–Trinajstić information content (AvgIpc) is 3.34. The summed E-state index contributed by atoms with van der Waals surface area (Å²) in [7, 11) is 3.26. The topological polar surface area (TPSA) is 89.7 Å². The van der Waals surface area contributed by atoms with Crippen molar-refractivity contribution in [3.8, 4) is 11.5 Å². The fraction of sp³-hybridized carbons (Fsp3) is 0.500. The number of urea groups is 1. The minimum atomic E-state index is -0.134. The number of nitrogens with one attached hydrogen (secondary N) is 1. The Balaban J connectivity index is 1.60. The van der Waals surface area contributed by atoms with Gasteiger partial charge in [0.25, 0.3) is 0 Å². The molecule has 8 nitrogen and oxygen atoms in total. The third-order valence-corrected chi connectivity index (χ3v) is 4.57. The van der Waals surface area contributed by atoms with Crippen molar-refractivity contribution >= 4 is 6.03 Å². The number of methoxy groups -OCH3 is 2. The number of para-hydroxylation sites is 1. The highest BCUT2D eigenvalue weighted by Gasteiger charge is 2.30. The molecule has 2 aromatic rings. The lowest BCUT2D eigenvalue weighted by molar-refractivity contribution is 0.206. The lowest BCUT2D eigenvalue weighted by atomic mass is 9.97. The predicted octanol–water partition coefficient (Wildman–Crippen LogP) is 2.35. The molecule has 0 aliphatic carbocycles. The zero-order valence-corrected chi connectivity index (χ0v) is 15.3. The van der Waals surface area contributed by atoms with Crippen molar-refractivity contribution in [2.45, 2.75) is 32.2 Å². The summed E-state index contributed by atoms with van der Waals surface area (Å²) in [6.45, 7) is 3.49. The summed E-state index contributed by atoms with van der Waals surface area (Å²) < 4.78 is 16.0. The first-order chi connectivity index (χ1) is 12.7. The van der Waals surface area contributed by atoms with Gasteiger partial charge in [-0.2, -0.15) is 4.98 Å². The number of rotatable bonds is 6. The van der Waals surface area contributed by atoms with Gasteiger partial charge in [-0.3, -0.25) is 0 Å². The highest BCUT2D eigenvalue weighted by Crippen LogP contribution is 2.39. The molecule has 1 saturated heterocycles. The molecule has 0 unspecified atom stereocenters. The van der Waals surface area contributed by atoms with Gasteiger partial charge in [-0.15, -0.1) is 0 Å². The molecule has 140 valence electrons. The quantitative estimate of drug-likeness (QED) is 0.850. The van der Waals surface area contributed by atoms with E-state index in [1.165, 1.54) is 0 Å². The van der Waals surface area contributed by atoms with Gasteiger partial charge in [-0.25, -0.2) is 4.79 Å². The molecule has 0 bridgehead atoms. The number of hydrogen-bond donors (Lipinski definition) is 1. The summed E-state index contributed by atoms with van der Waals surface area (Å²) in [5.41, 5.74) is 1.06. The summed E-state index contributed by atoms with van der Waals surface area (Å²) in [5, 5.41) is 6.66. The first-order valence-corrected chi connectivity index (χ1v) is 8.71. The smallest absolute Gasteiger partial charge is 0.317 e. The fourth-order valence-corrected chi connectivity index (χ4v) is 3.20.